The van der Waals surface area contributed by atoms with Gasteiger partial charge >= 0.3 is 4.87 Å². The average molecular weight is 308 g/mol. The molecule has 2 rings (SSSR count). The predicted octanol–water partition coefficient (Wildman–Crippen LogP) is 3.24. The number of nitrogens with one attached hydrogen (secondary N) is 1. The minimum absolute atomic E-state index is 0.0267. The fourth-order valence-electron chi connectivity index (χ4n) is 1.37. The molecule has 0 spiro atoms. The Kier molecular flexibility index (Phi) is 4.18. The lowest BCUT2D eigenvalue weighted by atomic mass is 10.1. The highest BCUT2D eigenvalue weighted by atomic mass is 79.9. The van der Waals surface area contributed by atoms with Gasteiger partial charge in [0.15, 0.2) is 0 Å². The Morgan fingerprint density at radius 2 is 2.06 bits per heavy atom. The third-order valence-corrected chi connectivity index (χ3v) is 3.23. The Morgan fingerprint density at radius 3 is 2.65 bits per heavy atom. The van der Waals surface area contributed by atoms with Crippen LogP contribution in [0.2, 0.25) is 0 Å². The number of H-pyrrole nitrogens is 1. The third-order valence-electron chi connectivity index (χ3n) is 2.17. The molecule has 0 aliphatic heterocycles. The van der Waals surface area contributed by atoms with Crippen LogP contribution in [0.5, 0.6) is 0 Å². The van der Waals surface area contributed by atoms with Gasteiger partial charge < -0.3 is 4.98 Å². The van der Waals surface area contributed by atoms with Crippen molar-refractivity contribution in [3.05, 3.63) is 44.9 Å². The number of rotatable bonds is 2. The smallest absolute Gasteiger partial charge is 0.304 e. The molecule has 4 heteroatoms. The largest absolute Gasteiger partial charge is 0.312 e. The number of aromatic amines is 1. The van der Waals surface area contributed by atoms with Gasteiger partial charge in [0.2, 0.25) is 0 Å². The van der Waals surface area contributed by atoms with Crippen LogP contribution in [0.15, 0.2) is 34.4 Å². The summed E-state index contributed by atoms with van der Waals surface area (Å²) in [6, 6.07) is 7.87. The normalized spacial score (nSPS) is 9.71. The van der Waals surface area contributed by atoms with Crippen LogP contribution >= 0.6 is 27.3 Å². The van der Waals surface area contributed by atoms with E-state index < -0.39 is 0 Å². The molecule has 1 N–H and O–H groups in total. The van der Waals surface area contributed by atoms with Crippen LogP contribution in [-0.4, -0.2) is 10.3 Å². The first kappa shape index (κ1) is 12.2. The fourth-order valence-corrected chi connectivity index (χ4v) is 2.15. The van der Waals surface area contributed by atoms with Crippen molar-refractivity contribution in [2.45, 2.75) is 6.42 Å². The van der Waals surface area contributed by atoms with Gasteiger partial charge in [-0.05, 0) is 17.7 Å². The molecular formula is C13H10BrNOS. The summed E-state index contributed by atoms with van der Waals surface area (Å²) in [6.07, 6.45) is 0.847. The van der Waals surface area contributed by atoms with Gasteiger partial charge in [-0.2, -0.15) is 0 Å². The van der Waals surface area contributed by atoms with Gasteiger partial charge in [0.25, 0.3) is 0 Å². The van der Waals surface area contributed by atoms with Crippen LogP contribution in [0.25, 0.3) is 11.3 Å². The molecule has 0 bridgehead atoms. The topological polar surface area (TPSA) is 32.9 Å². The van der Waals surface area contributed by atoms with Gasteiger partial charge in [0.05, 0.1) is 5.69 Å². The molecule has 0 atom stereocenters. The van der Waals surface area contributed by atoms with Crippen LogP contribution < -0.4 is 4.87 Å². The third kappa shape index (κ3) is 3.32. The monoisotopic (exact) mass is 307 g/mol. The molecule has 0 fully saturated rings. The van der Waals surface area contributed by atoms with Crippen LogP contribution in [0.3, 0.4) is 0 Å². The molecule has 0 saturated carbocycles. The first-order valence-corrected chi connectivity index (χ1v) is 7.13. The molecule has 17 heavy (non-hydrogen) atoms. The van der Waals surface area contributed by atoms with Crippen molar-refractivity contribution in [3.8, 4) is 23.1 Å². The Balaban J connectivity index is 2.19. The summed E-state index contributed by atoms with van der Waals surface area (Å²) in [6.45, 7) is 0. The van der Waals surface area contributed by atoms with Gasteiger partial charge in [-0.15, -0.1) is 0 Å². The maximum Gasteiger partial charge on any atom is 0.304 e. The number of hydrogen-bond acceptors (Lipinski definition) is 2. The van der Waals surface area contributed by atoms with E-state index in [4.69, 9.17) is 0 Å². The maximum atomic E-state index is 11.0. The second-order valence-electron chi connectivity index (χ2n) is 3.38. The van der Waals surface area contributed by atoms with Crippen molar-refractivity contribution in [2.75, 3.05) is 5.33 Å². The Bertz CT molecular complexity index is 601. The number of benzene rings is 1. The van der Waals surface area contributed by atoms with Crippen molar-refractivity contribution >= 4 is 27.3 Å². The van der Waals surface area contributed by atoms with Crippen molar-refractivity contribution in [3.63, 3.8) is 0 Å². The summed E-state index contributed by atoms with van der Waals surface area (Å²) in [5.74, 6) is 6.14. The highest BCUT2D eigenvalue weighted by molar-refractivity contribution is 9.09. The number of hydrogen-bond donors (Lipinski definition) is 1. The van der Waals surface area contributed by atoms with Crippen LogP contribution in [0.4, 0.5) is 0 Å². The van der Waals surface area contributed by atoms with E-state index in [1.807, 2.05) is 29.6 Å². The summed E-state index contributed by atoms with van der Waals surface area (Å²) >= 11 is 4.51. The fraction of sp³-hybridized carbons (Fsp3) is 0.154. The van der Waals surface area contributed by atoms with Crippen molar-refractivity contribution < 1.29 is 0 Å². The lowest BCUT2D eigenvalue weighted by molar-refractivity contribution is 1.32. The summed E-state index contributed by atoms with van der Waals surface area (Å²) in [5.41, 5.74) is 2.86. The zero-order valence-corrected chi connectivity index (χ0v) is 11.4. The van der Waals surface area contributed by atoms with Crippen molar-refractivity contribution in [2.24, 2.45) is 0 Å². The average Bonchev–Trinajstić information content (AvgIpc) is 2.77. The van der Waals surface area contributed by atoms with E-state index in [1.165, 1.54) is 11.3 Å². The van der Waals surface area contributed by atoms with Crippen LogP contribution in [0.1, 0.15) is 12.0 Å². The van der Waals surface area contributed by atoms with E-state index in [1.54, 1.807) is 0 Å². The number of thiazole rings is 1. The maximum absolute atomic E-state index is 11.0. The zero-order valence-electron chi connectivity index (χ0n) is 9.00. The van der Waals surface area contributed by atoms with Crippen LogP contribution in [-0.2, 0) is 0 Å². The van der Waals surface area contributed by atoms with E-state index in [0.29, 0.717) is 0 Å². The van der Waals surface area contributed by atoms with E-state index >= 15 is 0 Å². The molecule has 1 heterocycles. The molecule has 86 valence electrons. The van der Waals surface area contributed by atoms with Gasteiger partial charge in [-0.25, -0.2) is 0 Å². The second-order valence-corrected chi connectivity index (χ2v) is 5.02. The molecule has 0 aliphatic rings. The predicted molar refractivity (Wildman–Crippen MR) is 75.7 cm³/mol. The van der Waals surface area contributed by atoms with Gasteiger partial charge in [0, 0.05) is 22.7 Å². The minimum Gasteiger partial charge on any atom is -0.312 e. The molecule has 0 radical (unpaired) electrons. The van der Waals surface area contributed by atoms with E-state index in [9.17, 15) is 4.79 Å². The Hall–Kier alpha value is -1.31. The number of halogens is 1. The minimum atomic E-state index is -0.0267. The molecular weight excluding hydrogens is 298 g/mol. The van der Waals surface area contributed by atoms with E-state index in [2.05, 4.69) is 32.8 Å². The lowest BCUT2D eigenvalue weighted by Crippen LogP contribution is -1.92. The Labute approximate surface area is 112 Å². The first-order valence-electron chi connectivity index (χ1n) is 5.12. The SMILES string of the molecule is O=c1[nH]c(-c2ccc(C#CCCBr)cc2)cs1. The quantitative estimate of drug-likeness (QED) is 0.670. The standard InChI is InChI=1S/C13H10BrNOS/c14-8-2-1-3-10-4-6-11(7-5-10)12-9-17-13(16)15-12/h4-7,9H,2,8H2,(H,15,16). The van der Waals surface area contributed by atoms with Crippen LogP contribution in [0, 0.1) is 11.8 Å². The summed E-state index contributed by atoms with van der Waals surface area (Å²) < 4.78 is 0. The lowest BCUT2D eigenvalue weighted by Gasteiger charge is -1.96. The number of aromatic nitrogens is 1. The van der Waals surface area contributed by atoms with Gasteiger partial charge in [-0.1, -0.05) is 51.2 Å². The summed E-state index contributed by atoms with van der Waals surface area (Å²) in [7, 11) is 0. The molecule has 2 nitrogen and oxygen atoms in total. The number of alkyl halides is 1. The highest BCUT2D eigenvalue weighted by Gasteiger charge is 1.99. The molecule has 1 aromatic carbocycles. The van der Waals surface area contributed by atoms with Crippen molar-refractivity contribution in [1.29, 1.82) is 0 Å². The molecule has 0 saturated heterocycles. The highest BCUT2D eigenvalue weighted by Crippen LogP contribution is 2.17. The molecule has 1 aromatic heterocycles. The molecule has 0 aliphatic carbocycles. The zero-order chi connectivity index (χ0) is 12.1. The molecule has 0 amide bonds. The van der Waals surface area contributed by atoms with Gasteiger partial charge in [-0.3, -0.25) is 4.79 Å². The molecule has 2 aromatic rings. The van der Waals surface area contributed by atoms with Crippen molar-refractivity contribution in [1.82, 2.24) is 4.98 Å². The first-order chi connectivity index (χ1) is 8.29. The van der Waals surface area contributed by atoms with Gasteiger partial charge in [0.1, 0.15) is 0 Å². The second kappa shape index (κ2) is 5.85. The molecule has 0 unspecified atom stereocenters. The summed E-state index contributed by atoms with van der Waals surface area (Å²) in [4.78, 5) is 13.8. The summed E-state index contributed by atoms with van der Waals surface area (Å²) in [5, 5.41) is 2.72. The van der Waals surface area contributed by atoms with E-state index in [0.717, 1.165) is 28.6 Å². The van der Waals surface area contributed by atoms with E-state index in [-0.39, 0.29) is 4.87 Å². The Morgan fingerprint density at radius 1 is 1.29 bits per heavy atom.